The van der Waals surface area contributed by atoms with Crippen molar-refractivity contribution in [3.8, 4) is 17.0 Å². The lowest BCUT2D eigenvalue weighted by atomic mass is 10.1. The highest BCUT2D eigenvalue weighted by Crippen LogP contribution is 2.33. The van der Waals surface area contributed by atoms with Gasteiger partial charge in [0, 0.05) is 10.6 Å². The van der Waals surface area contributed by atoms with E-state index in [9.17, 15) is 4.79 Å². The highest BCUT2D eigenvalue weighted by atomic mass is 35.5. The molecular formula is C15H18ClN3O3. The number of esters is 1. The molecule has 0 radical (unpaired) electrons. The van der Waals surface area contributed by atoms with Crippen LogP contribution in [-0.4, -0.2) is 34.6 Å². The molecule has 0 aliphatic carbocycles. The number of nitrogens with zero attached hydrogens (tertiary/aromatic N) is 2. The number of rotatable bonds is 7. The Hall–Kier alpha value is -2.08. The fourth-order valence-corrected chi connectivity index (χ4v) is 2.07. The minimum Gasteiger partial charge on any atom is -0.493 e. The van der Waals surface area contributed by atoms with Crippen LogP contribution in [0.2, 0.25) is 5.02 Å². The number of unbranched alkanes of at least 4 members (excludes halogenated alkanes) is 1. The van der Waals surface area contributed by atoms with Crippen molar-refractivity contribution in [3.05, 3.63) is 28.9 Å². The van der Waals surface area contributed by atoms with Crippen LogP contribution in [0.4, 0.5) is 0 Å². The molecule has 0 bridgehead atoms. The van der Waals surface area contributed by atoms with Gasteiger partial charge in [0.15, 0.2) is 5.69 Å². The third kappa shape index (κ3) is 3.76. The molecule has 0 saturated heterocycles. The van der Waals surface area contributed by atoms with Crippen molar-refractivity contribution in [2.24, 2.45) is 0 Å². The third-order valence-corrected chi connectivity index (χ3v) is 3.20. The zero-order valence-corrected chi connectivity index (χ0v) is 13.3. The first kappa shape index (κ1) is 16.3. The molecule has 1 aromatic heterocycles. The number of halogens is 1. The summed E-state index contributed by atoms with van der Waals surface area (Å²) in [4.78, 5) is 11.9. The monoisotopic (exact) mass is 323 g/mol. The van der Waals surface area contributed by atoms with E-state index in [0.717, 1.165) is 12.8 Å². The van der Waals surface area contributed by atoms with Gasteiger partial charge in [-0.15, -0.1) is 5.10 Å². The number of hydrogen-bond acceptors (Lipinski definition) is 5. The van der Waals surface area contributed by atoms with Crippen LogP contribution in [0.3, 0.4) is 0 Å². The van der Waals surface area contributed by atoms with E-state index in [-0.39, 0.29) is 12.3 Å². The molecule has 118 valence electrons. The Morgan fingerprint density at radius 3 is 2.86 bits per heavy atom. The number of carbonyl (C=O) groups is 1. The number of H-pyrrole nitrogens is 1. The molecular weight excluding hydrogens is 306 g/mol. The molecule has 7 heteroatoms. The molecule has 22 heavy (non-hydrogen) atoms. The smallest absolute Gasteiger partial charge is 0.361 e. The van der Waals surface area contributed by atoms with Crippen LogP contribution in [-0.2, 0) is 4.74 Å². The average Bonchev–Trinajstić information content (AvgIpc) is 2.98. The van der Waals surface area contributed by atoms with Gasteiger partial charge >= 0.3 is 5.97 Å². The molecule has 1 heterocycles. The molecule has 2 rings (SSSR count). The molecule has 0 amide bonds. The second-order valence-electron chi connectivity index (χ2n) is 4.58. The second-order valence-corrected chi connectivity index (χ2v) is 5.02. The Bertz CT molecular complexity index is 643. The van der Waals surface area contributed by atoms with Crippen LogP contribution >= 0.6 is 11.6 Å². The second kappa shape index (κ2) is 7.79. The van der Waals surface area contributed by atoms with Gasteiger partial charge in [0.2, 0.25) is 0 Å². The SMILES string of the molecule is CCCCOc1ccc(Cl)cc1-c1n[nH]nc1C(=O)OCC. The van der Waals surface area contributed by atoms with Gasteiger partial charge in [0.05, 0.1) is 13.2 Å². The van der Waals surface area contributed by atoms with Gasteiger partial charge in [0.25, 0.3) is 0 Å². The highest BCUT2D eigenvalue weighted by Gasteiger charge is 2.22. The minimum atomic E-state index is -0.536. The molecule has 6 nitrogen and oxygen atoms in total. The van der Waals surface area contributed by atoms with Crippen LogP contribution in [0.25, 0.3) is 11.3 Å². The fraction of sp³-hybridized carbons (Fsp3) is 0.400. The lowest BCUT2D eigenvalue weighted by Crippen LogP contribution is -2.07. The van der Waals surface area contributed by atoms with E-state index in [4.69, 9.17) is 21.1 Å². The van der Waals surface area contributed by atoms with E-state index >= 15 is 0 Å². The van der Waals surface area contributed by atoms with Crippen LogP contribution in [0, 0.1) is 0 Å². The molecule has 0 atom stereocenters. The Labute approximate surface area is 133 Å². The molecule has 0 aliphatic heterocycles. The van der Waals surface area contributed by atoms with Gasteiger partial charge in [-0.2, -0.15) is 10.3 Å². The Balaban J connectivity index is 2.37. The van der Waals surface area contributed by atoms with Crippen LogP contribution in [0.15, 0.2) is 18.2 Å². The number of aromatic nitrogens is 3. The van der Waals surface area contributed by atoms with E-state index in [2.05, 4.69) is 22.3 Å². The summed E-state index contributed by atoms with van der Waals surface area (Å²) in [6.07, 6.45) is 1.96. The van der Waals surface area contributed by atoms with Gasteiger partial charge < -0.3 is 9.47 Å². The van der Waals surface area contributed by atoms with Crippen molar-refractivity contribution in [1.82, 2.24) is 15.4 Å². The lowest BCUT2D eigenvalue weighted by molar-refractivity contribution is 0.0520. The van der Waals surface area contributed by atoms with Crippen molar-refractivity contribution >= 4 is 17.6 Å². The van der Waals surface area contributed by atoms with Crippen molar-refractivity contribution in [2.45, 2.75) is 26.7 Å². The predicted molar refractivity (Wildman–Crippen MR) is 83.2 cm³/mol. The summed E-state index contributed by atoms with van der Waals surface area (Å²) in [6, 6.07) is 5.19. The maximum Gasteiger partial charge on any atom is 0.361 e. The quantitative estimate of drug-likeness (QED) is 0.623. The van der Waals surface area contributed by atoms with Gasteiger partial charge in [-0.05, 0) is 31.5 Å². The summed E-state index contributed by atoms with van der Waals surface area (Å²) in [5.74, 6) is 0.0723. The number of ether oxygens (including phenoxy) is 2. The van der Waals surface area contributed by atoms with Crippen molar-refractivity contribution in [2.75, 3.05) is 13.2 Å². The van der Waals surface area contributed by atoms with E-state index in [1.165, 1.54) is 0 Å². The van der Waals surface area contributed by atoms with Crippen molar-refractivity contribution < 1.29 is 14.3 Å². The van der Waals surface area contributed by atoms with E-state index in [0.29, 0.717) is 28.6 Å². The van der Waals surface area contributed by atoms with E-state index in [1.54, 1.807) is 25.1 Å². The van der Waals surface area contributed by atoms with Gasteiger partial charge in [-0.1, -0.05) is 24.9 Å². The molecule has 0 unspecified atom stereocenters. The fourth-order valence-electron chi connectivity index (χ4n) is 1.90. The summed E-state index contributed by atoms with van der Waals surface area (Å²) >= 11 is 6.06. The summed E-state index contributed by atoms with van der Waals surface area (Å²) < 4.78 is 10.7. The number of carbonyl (C=O) groups excluding carboxylic acids is 1. The van der Waals surface area contributed by atoms with Crippen LogP contribution < -0.4 is 4.74 Å². The van der Waals surface area contributed by atoms with Crippen LogP contribution in [0.5, 0.6) is 5.75 Å². The maximum absolute atomic E-state index is 11.9. The Morgan fingerprint density at radius 2 is 2.14 bits per heavy atom. The Morgan fingerprint density at radius 1 is 1.32 bits per heavy atom. The van der Waals surface area contributed by atoms with Crippen LogP contribution in [0.1, 0.15) is 37.2 Å². The number of nitrogens with one attached hydrogen (secondary N) is 1. The molecule has 0 saturated carbocycles. The summed E-state index contributed by atoms with van der Waals surface area (Å²) in [6.45, 7) is 4.66. The molecule has 1 N–H and O–H groups in total. The third-order valence-electron chi connectivity index (χ3n) is 2.97. The standard InChI is InChI=1S/C15H18ClN3O3/c1-3-5-8-22-12-7-6-10(16)9-11(12)13-14(18-19-17-13)15(20)21-4-2/h6-7,9H,3-5,8H2,1-2H3,(H,17,18,19). The number of benzene rings is 1. The zero-order valence-electron chi connectivity index (χ0n) is 12.6. The van der Waals surface area contributed by atoms with E-state index in [1.807, 2.05) is 0 Å². The molecule has 0 aliphatic rings. The first-order valence-electron chi connectivity index (χ1n) is 7.18. The number of hydrogen-bond donors (Lipinski definition) is 1. The summed E-state index contributed by atoms with van der Waals surface area (Å²) in [5, 5.41) is 10.9. The molecule has 0 fully saturated rings. The Kier molecular flexibility index (Phi) is 5.77. The van der Waals surface area contributed by atoms with Crippen molar-refractivity contribution in [3.63, 3.8) is 0 Å². The maximum atomic E-state index is 11.9. The topological polar surface area (TPSA) is 77.1 Å². The molecule has 1 aromatic carbocycles. The first-order valence-corrected chi connectivity index (χ1v) is 7.55. The highest BCUT2D eigenvalue weighted by molar-refractivity contribution is 6.31. The number of aromatic amines is 1. The summed E-state index contributed by atoms with van der Waals surface area (Å²) in [7, 11) is 0. The minimum absolute atomic E-state index is 0.115. The predicted octanol–water partition coefficient (Wildman–Crippen LogP) is 3.48. The van der Waals surface area contributed by atoms with Gasteiger partial charge in [-0.25, -0.2) is 4.79 Å². The van der Waals surface area contributed by atoms with E-state index < -0.39 is 5.97 Å². The lowest BCUT2D eigenvalue weighted by Gasteiger charge is -2.10. The van der Waals surface area contributed by atoms with Gasteiger partial charge in [-0.3, -0.25) is 0 Å². The summed E-state index contributed by atoms with van der Waals surface area (Å²) in [5.41, 5.74) is 1.09. The normalized spacial score (nSPS) is 10.5. The van der Waals surface area contributed by atoms with Gasteiger partial charge in [0.1, 0.15) is 11.4 Å². The zero-order chi connectivity index (χ0) is 15.9. The largest absolute Gasteiger partial charge is 0.493 e. The molecule has 2 aromatic rings. The average molecular weight is 324 g/mol. The molecule has 0 spiro atoms. The van der Waals surface area contributed by atoms with Crippen molar-refractivity contribution in [1.29, 1.82) is 0 Å². The first-order chi connectivity index (χ1) is 10.7.